The van der Waals surface area contributed by atoms with E-state index in [-0.39, 0.29) is 24.0 Å². The lowest BCUT2D eigenvalue weighted by atomic mass is 10.2. The maximum atomic E-state index is 11.5. The molecule has 2 fully saturated rings. The zero-order chi connectivity index (χ0) is 14.7. The lowest BCUT2D eigenvalue weighted by Gasteiger charge is -2.36. The first-order valence-electron chi connectivity index (χ1n) is 6.87. The second kappa shape index (κ2) is 6.87. The number of amides is 2. The smallest absolute Gasteiger partial charge is 0.229 e. The van der Waals surface area contributed by atoms with E-state index in [1.807, 2.05) is 13.8 Å². The van der Waals surface area contributed by atoms with Gasteiger partial charge in [-0.1, -0.05) is 24.0 Å². The van der Waals surface area contributed by atoms with Crippen LogP contribution in [0.5, 0.6) is 0 Å². The lowest BCUT2D eigenvalue weighted by Crippen LogP contribution is -2.47. The maximum Gasteiger partial charge on any atom is 0.229 e. The number of hydrogen-bond donors (Lipinski definition) is 0. The zero-order valence-electron chi connectivity index (χ0n) is 11.8. The molecule has 0 bridgehead atoms. The van der Waals surface area contributed by atoms with Crippen molar-refractivity contribution in [1.29, 1.82) is 0 Å². The van der Waals surface area contributed by atoms with Gasteiger partial charge in [-0.25, -0.2) is 0 Å². The summed E-state index contributed by atoms with van der Waals surface area (Å²) in [6.07, 6.45) is 1.07. The van der Waals surface area contributed by atoms with E-state index < -0.39 is 0 Å². The summed E-state index contributed by atoms with van der Waals surface area (Å²) in [5.74, 6) is 0.543. The average molecular weight is 316 g/mol. The third-order valence-corrected chi connectivity index (χ3v) is 4.88. The van der Waals surface area contributed by atoms with Crippen molar-refractivity contribution in [3.8, 4) is 0 Å². The van der Waals surface area contributed by atoms with Gasteiger partial charge in [0.25, 0.3) is 0 Å². The molecule has 0 saturated carbocycles. The third kappa shape index (κ3) is 3.93. The van der Waals surface area contributed by atoms with E-state index in [2.05, 4.69) is 4.90 Å². The number of ether oxygens (including phenoxy) is 1. The fourth-order valence-electron chi connectivity index (χ4n) is 2.51. The molecule has 20 heavy (non-hydrogen) atoms. The van der Waals surface area contributed by atoms with Crippen molar-refractivity contribution in [2.75, 3.05) is 25.4 Å². The Bertz CT molecular complexity index is 390. The molecule has 2 aliphatic heterocycles. The molecule has 2 heterocycles. The summed E-state index contributed by atoms with van der Waals surface area (Å²) in [6.45, 7) is 6.14. The minimum Gasteiger partial charge on any atom is -0.372 e. The zero-order valence-corrected chi connectivity index (χ0v) is 13.5. The molecule has 0 spiro atoms. The highest BCUT2D eigenvalue weighted by molar-refractivity contribution is 8.22. The summed E-state index contributed by atoms with van der Waals surface area (Å²) < 4.78 is 6.50. The molecule has 0 N–H and O–H groups in total. The third-order valence-electron chi connectivity index (χ3n) is 3.37. The number of rotatable bonds is 3. The van der Waals surface area contributed by atoms with Crippen molar-refractivity contribution >= 4 is 40.1 Å². The van der Waals surface area contributed by atoms with E-state index in [4.69, 9.17) is 17.0 Å². The van der Waals surface area contributed by atoms with Gasteiger partial charge in [0.1, 0.15) is 4.32 Å². The second-order valence-electron chi connectivity index (χ2n) is 5.22. The highest BCUT2D eigenvalue weighted by Gasteiger charge is 2.29. The van der Waals surface area contributed by atoms with Gasteiger partial charge in [-0.05, 0) is 13.8 Å². The molecule has 0 aliphatic carbocycles. The van der Waals surface area contributed by atoms with E-state index in [1.165, 1.54) is 16.7 Å². The van der Waals surface area contributed by atoms with Crippen LogP contribution in [-0.2, 0) is 14.3 Å². The number of carbonyl (C=O) groups is 2. The number of morpholine rings is 1. The largest absolute Gasteiger partial charge is 0.372 e. The topological polar surface area (TPSA) is 49.9 Å². The quantitative estimate of drug-likeness (QED) is 0.577. The van der Waals surface area contributed by atoms with Gasteiger partial charge in [0.15, 0.2) is 0 Å². The van der Waals surface area contributed by atoms with Crippen molar-refractivity contribution in [2.24, 2.45) is 0 Å². The molecular weight excluding hydrogens is 296 g/mol. The summed E-state index contributed by atoms with van der Waals surface area (Å²) in [4.78, 5) is 26.5. The van der Waals surface area contributed by atoms with Gasteiger partial charge < -0.3 is 9.64 Å². The number of imide groups is 1. The summed E-state index contributed by atoms with van der Waals surface area (Å²) in [5.41, 5.74) is 0. The molecule has 0 radical (unpaired) electrons. The van der Waals surface area contributed by atoms with Crippen LogP contribution < -0.4 is 0 Å². The number of carbonyl (C=O) groups excluding carboxylic acids is 2. The molecule has 112 valence electrons. The fourth-order valence-corrected chi connectivity index (χ4v) is 3.69. The van der Waals surface area contributed by atoms with Crippen LogP contribution in [0.2, 0.25) is 0 Å². The Morgan fingerprint density at radius 3 is 2.35 bits per heavy atom. The minimum absolute atomic E-state index is 0.0601. The van der Waals surface area contributed by atoms with Gasteiger partial charge in [-0.2, -0.15) is 0 Å². The maximum absolute atomic E-state index is 11.5. The predicted molar refractivity (Wildman–Crippen MR) is 82.6 cm³/mol. The molecule has 2 atom stereocenters. The van der Waals surface area contributed by atoms with Crippen LogP contribution >= 0.6 is 24.0 Å². The van der Waals surface area contributed by atoms with Gasteiger partial charge in [0.05, 0.1) is 12.2 Å². The Hall–Kier alpha value is -0.660. The Balaban J connectivity index is 1.75. The van der Waals surface area contributed by atoms with Crippen LogP contribution in [0.3, 0.4) is 0 Å². The van der Waals surface area contributed by atoms with Gasteiger partial charge in [0.2, 0.25) is 11.8 Å². The van der Waals surface area contributed by atoms with E-state index in [1.54, 1.807) is 0 Å². The molecule has 0 aromatic rings. The predicted octanol–water partition coefficient (Wildman–Crippen LogP) is 1.26. The van der Waals surface area contributed by atoms with Gasteiger partial charge in [0, 0.05) is 38.2 Å². The minimum atomic E-state index is -0.0601. The average Bonchev–Trinajstić information content (AvgIpc) is 2.69. The Morgan fingerprint density at radius 2 is 1.80 bits per heavy atom. The van der Waals surface area contributed by atoms with Gasteiger partial charge in [-0.15, -0.1) is 0 Å². The van der Waals surface area contributed by atoms with Gasteiger partial charge >= 0.3 is 0 Å². The number of thioether (sulfide) groups is 1. The Morgan fingerprint density at radius 1 is 1.25 bits per heavy atom. The summed E-state index contributed by atoms with van der Waals surface area (Å²) in [7, 11) is 0. The molecular formula is C13H20N2O3S2. The van der Waals surface area contributed by atoms with Crippen molar-refractivity contribution in [1.82, 2.24) is 9.80 Å². The fraction of sp³-hybridized carbons (Fsp3) is 0.769. The van der Waals surface area contributed by atoms with Crippen LogP contribution in [0.25, 0.3) is 0 Å². The molecule has 7 heteroatoms. The Labute approximate surface area is 129 Å². The number of nitrogens with zero attached hydrogens (tertiary/aromatic N) is 2. The summed E-state index contributed by atoms with van der Waals surface area (Å²) in [5, 5.41) is 0. The van der Waals surface area contributed by atoms with Crippen LogP contribution in [0.1, 0.15) is 26.7 Å². The van der Waals surface area contributed by atoms with Crippen molar-refractivity contribution < 1.29 is 14.3 Å². The summed E-state index contributed by atoms with van der Waals surface area (Å²) in [6, 6.07) is 0. The van der Waals surface area contributed by atoms with E-state index in [0.717, 1.165) is 17.4 Å². The number of hydrogen-bond acceptors (Lipinski definition) is 5. The molecule has 0 aromatic heterocycles. The first-order chi connectivity index (χ1) is 9.47. The van der Waals surface area contributed by atoms with E-state index >= 15 is 0 Å². The first kappa shape index (κ1) is 15.7. The molecule has 2 rings (SSSR count). The lowest BCUT2D eigenvalue weighted by molar-refractivity contribution is -0.137. The van der Waals surface area contributed by atoms with Crippen LogP contribution in [0.15, 0.2) is 0 Å². The highest BCUT2D eigenvalue weighted by Crippen LogP contribution is 2.18. The van der Waals surface area contributed by atoms with Crippen LogP contribution in [0, 0.1) is 0 Å². The number of thiocarbonyl (C=S) groups is 1. The molecule has 0 unspecified atom stereocenters. The molecule has 2 saturated heterocycles. The monoisotopic (exact) mass is 316 g/mol. The van der Waals surface area contributed by atoms with Crippen molar-refractivity contribution in [2.45, 2.75) is 38.9 Å². The van der Waals surface area contributed by atoms with E-state index in [9.17, 15) is 9.59 Å². The second-order valence-corrected chi connectivity index (χ2v) is 6.94. The van der Waals surface area contributed by atoms with Crippen molar-refractivity contribution in [3.63, 3.8) is 0 Å². The van der Waals surface area contributed by atoms with Crippen LogP contribution in [-0.4, -0.2) is 63.5 Å². The normalized spacial score (nSPS) is 27.3. The van der Waals surface area contributed by atoms with Crippen LogP contribution in [0.4, 0.5) is 0 Å². The molecule has 0 aromatic carbocycles. The molecule has 2 aliphatic rings. The van der Waals surface area contributed by atoms with Crippen molar-refractivity contribution in [3.05, 3.63) is 0 Å². The molecule has 2 amide bonds. The summed E-state index contributed by atoms with van der Waals surface area (Å²) >= 11 is 6.96. The SMILES string of the molecule is C[C@H]1CN(C(=S)SCCN2C(=O)CCC2=O)C[C@H](C)O1. The standard InChI is InChI=1S/C13H20N2O3S2/c1-9-7-14(8-10(2)18-9)13(19)20-6-5-15-11(16)3-4-12(15)17/h9-10H,3-8H2,1-2H3/t9-,10-/m0/s1. The first-order valence-corrected chi connectivity index (χ1v) is 8.27. The van der Waals surface area contributed by atoms with Gasteiger partial charge in [-0.3, -0.25) is 14.5 Å². The highest BCUT2D eigenvalue weighted by atomic mass is 32.2. The molecule has 5 nitrogen and oxygen atoms in total. The van der Waals surface area contributed by atoms with E-state index in [0.29, 0.717) is 25.1 Å². The number of likely N-dealkylation sites (tertiary alicyclic amines) is 1. The Kier molecular flexibility index (Phi) is 5.40.